The highest BCUT2D eigenvalue weighted by Crippen LogP contribution is 2.50. The van der Waals surface area contributed by atoms with Gasteiger partial charge in [0, 0.05) is 23.6 Å². The van der Waals surface area contributed by atoms with E-state index < -0.39 is 0 Å². The van der Waals surface area contributed by atoms with Gasteiger partial charge in [0.25, 0.3) is 0 Å². The minimum absolute atomic E-state index is 0.187. The standard InChI is InChI=1S/C20H22BrNO2/c1-3-24-18-10-5-4-7-15(18)14-22(2)19(23)20(11-12-20)16-8-6-9-17(21)13-16/h4-10,13H,3,11-12,14H2,1-2H3. The molecule has 2 aromatic carbocycles. The predicted octanol–water partition coefficient (Wildman–Crippen LogP) is 4.54. The second-order valence-corrected chi connectivity index (χ2v) is 7.21. The number of likely N-dealkylation sites (N-methyl/N-ethyl adjacent to an activating group) is 1. The van der Waals surface area contributed by atoms with Crippen LogP contribution in [0.2, 0.25) is 0 Å². The van der Waals surface area contributed by atoms with Crippen molar-refractivity contribution in [2.45, 2.75) is 31.7 Å². The first-order valence-corrected chi connectivity index (χ1v) is 9.08. The molecule has 0 atom stereocenters. The Morgan fingerprint density at radius 1 is 1.21 bits per heavy atom. The molecule has 0 aliphatic heterocycles. The Kier molecular flexibility index (Phi) is 4.95. The van der Waals surface area contributed by atoms with E-state index in [9.17, 15) is 4.79 Å². The zero-order valence-corrected chi connectivity index (χ0v) is 15.7. The number of hydrogen-bond donors (Lipinski definition) is 0. The van der Waals surface area contributed by atoms with Crippen LogP contribution in [0.15, 0.2) is 53.0 Å². The van der Waals surface area contributed by atoms with Crippen molar-refractivity contribution < 1.29 is 9.53 Å². The molecule has 1 aliphatic carbocycles. The molecule has 0 unspecified atom stereocenters. The number of amides is 1. The van der Waals surface area contributed by atoms with Gasteiger partial charge in [0.2, 0.25) is 5.91 Å². The number of hydrogen-bond acceptors (Lipinski definition) is 2. The molecular formula is C20H22BrNO2. The predicted molar refractivity (Wildman–Crippen MR) is 99.1 cm³/mol. The van der Waals surface area contributed by atoms with E-state index in [0.29, 0.717) is 13.2 Å². The van der Waals surface area contributed by atoms with Gasteiger partial charge in [-0.3, -0.25) is 4.79 Å². The number of halogens is 1. The quantitative estimate of drug-likeness (QED) is 0.727. The number of carbonyl (C=O) groups excluding carboxylic acids is 1. The molecule has 0 radical (unpaired) electrons. The summed E-state index contributed by atoms with van der Waals surface area (Å²) in [6.45, 7) is 3.15. The topological polar surface area (TPSA) is 29.5 Å². The number of nitrogens with zero attached hydrogens (tertiary/aromatic N) is 1. The summed E-state index contributed by atoms with van der Waals surface area (Å²) in [4.78, 5) is 14.9. The maximum Gasteiger partial charge on any atom is 0.233 e. The lowest BCUT2D eigenvalue weighted by Gasteiger charge is -2.25. The van der Waals surface area contributed by atoms with Crippen LogP contribution >= 0.6 is 15.9 Å². The van der Waals surface area contributed by atoms with E-state index in [1.54, 1.807) is 0 Å². The second kappa shape index (κ2) is 6.98. The number of carbonyl (C=O) groups is 1. The molecule has 0 saturated heterocycles. The Labute approximate surface area is 151 Å². The molecule has 24 heavy (non-hydrogen) atoms. The average Bonchev–Trinajstić information content (AvgIpc) is 3.38. The molecule has 3 rings (SSSR count). The first-order chi connectivity index (χ1) is 11.6. The summed E-state index contributed by atoms with van der Waals surface area (Å²) in [6, 6.07) is 16.0. The molecule has 0 N–H and O–H groups in total. The van der Waals surface area contributed by atoms with Gasteiger partial charge >= 0.3 is 0 Å². The SMILES string of the molecule is CCOc1ccccc1CN(C)C(=O)C1(c2cccc(Br)c2)CC1. The zero-order chi connectivity index (χ0) is 17.2. The summed E-state index contributed by atoms with van der Waals surface area (Å²) in [5.41, 5.74) is 1.80. The van der Waals surface area contributed by atoms with Crippen LogP contribution in [0.4, 0.5) is 0 Å². The van der Waals surface area contributed by atoms with E-state index in [0.717, 1.165) is 34.2 Å². The Morgan fingerprint density at radius 3 is 2.62 bits per heavy atom. The molecule has 126 valence electrons. The van der Waals surface area contributed by atoms with Crippen LogP contribution in [0.25, 0.3) is 0 Å². The van der Waals surface area contributed by atoms with E-state index in [1.807, 2.05) is 55.3 Å². The van der Waals surface area contributed by atoms with Gasteiger partial charge in [0.15, 0.2) is 0 Å². The van der Waals surface area contributed by atoms with Gasteiger partial charge in [0.1, 0.15) is 5.75 Å². The molecule has 1 aliphatic rings. The smallest absolute Gasteiger partial charge is 0.233 e. The van der Waals surface area contributed by atoms with Gasteiger partial charge in [0.05, 0.1) is 12.0 Å². The zero-order valence-electron chi connectivity index (χ0n) is 14.1. The third-order valence-electron chi connectivity index (χ3n) is 4.56. The summed E-state index contributed by atoms with van der Waals surface area (Å²) in [6.07, 6.45) is 1.83. The van der Waals surface area contributed by atoms with Crippen molar-refractivity contribution in [3.63, 3.8) is 0 Å². The van der Waals surface area contributed by atoms with Crippen LogP contribution in [0.1, 0.15) is 30.9 Å². The summed E-state index contributed by atoms with van der Waals surface area (Å²) in [5, 5.41) is 0. The van der Waals surface area contributed by atoms with E-state index in [2.05, 4.69) is 28.1 Å². The number of benzene rings is 2. The van der Waals surface area contributed by atoms with Gasteiger partial charge < -0.3 is 9.64 Å². The van der Waals surface area contributed by atoms with Crippen molar-refractivity contribution in [1.82, 2.24) is 4.90 Å². The number of ether oxygens (including phenoxy) is 1. The normalized spacial score (nSPS) is 15.0. The van der Waals surface area contributed by atoms with Gasteiger partial charge in [-0.25, -0.2) is 0 Å². The number of rotatable bonds is 6. The average molecular weight is 388 g/mol. The molecule has 0 heterocycles. The largest absolute Gasteiger partial charge is 0.494 e. The van der Waals surface area contributed by atoms with Crippen molar-refractivity contribution >= 4 is 21.8 Å². The number of para-hydroxylation sites is 1. The molecule has 4 heteroatoms. The first kappa shape index (κ1) is 17.0. The Morgan fingerprint density at radius 2 is 1.96 bits per heavy atom. The monoisotopic (exact) mass is 387 g/mol. The molecule has 1 fully saturated rings. The highest BCUT2D eigenvalue weighted by Gasteiger charge is 2.52. The van der Waals surface area contributed by atoms with Gasteiger partial charge in [-0.2, -0.15) is 0 Å². The summed E-state index contributed by atoms with van der Waals surface area (Å²) in [7, 11) is 1.88. The summed E-state index contributed by atoms with van der Waals surface area (Å²) in [5.74, 6) is 1.04. The molecule has 1 saturated carbocycles. The third kappa shape index (κ3) is 3.34. The fourth-order valence-corrected chi connectivity index (χ4v) is 3.56. The van der Waals surface area contributed by atoms with Gasteiger partial charge in [-0.1, -0.05) is 46.3 Å². The van der Waals surface area contributed by atoms with E-state index in [-0.39, 0.29) is 11.3 Å². The molecule has 0 spiro atoms. The van der Waals surface area contributed by atoms with E-state index >= 15 is 0 Å². The highest BCUT2D eigenvalue weighted by molar-refractivity contribution is 9.10. The highest BCUT2D eigenvalue weighted by atomic mass is 79.9. The minimum atomic E-state index is -0.348. The lowest BCUT2D eigenvalue weighted by atomic mass is 9.94. The maximum atomic E-state index is 13.1. The second-order valence-electron chi connectivity index (χ2n) is 6.29. The van der Waals surface area contributed by atoms with Gasteiger partial charge in [-0.05, 0) is 43.5 Å². The van der Waals surface area contributed by atoms with Crippen molar-refractivity contribution in [3.8, 4) is 5.75 Å². The van der Waals surface area contributed by atoms with Crippen molar-refractivity contribution in [1.29, 1.82) is 0 Å². The van der Waals surface area contributed by atoms with Crippen molar-refractivity contribution in [3.05, 3.63) is 64.1 Å². The lowest BCUT2D eigenvalue weighted by Crippen LogP contribution is -2.36. The van der Waals surface area contributed by atoms with E-state index in [1.165, 1.54) is 0 Å². The Bertz CT molecular complexity index is 740. The van der Waals surface area contributed by atoms with Crippen LogP contribution in [0, 0.1) is 0 Å². The lowest BCUT2D eigenvalue weighted by molar-refractivity contribution is -0.133. The molecular weight excluding hydrogens is 366 g/mol. The Hall–Kier alpha value is -1.81. The van der Waals surface area contributed by atoms with Crippen LogP contribution in [-0.2, 0) is 16.8 Å². The molecule has 0 aromatic heterocycles. The third-order valence-corrected chi connectivity index (χ3v) is 5.06. The minimum Gasteiger partial charge on any atom is -0.494 e. The molecule has 2 aromatic rings. The van der Waals surface area contributed by atoms with Crippen LogP contribution < -0.4 is 4.74 Å². The van der Waals surface area contributed by atoms with Crippen LogP contribution in [0.3, 0.4) is 0 Å². The van der Waals surface area contributed by atoms with Crippen molar-refractivity contribution in [2.75, 3.05) is 13.7 Å². The Balaban J connectivity index is 1.78. The molecule has 3 nitrogen and oxygen atoms in total. The summed E-state index contributed by atoms with van der Waals surface area (Å²) < 4.78 is 6.69. The molecule has 0 bridgehead atoms. The molecule has 1 amide bonds. The van der Waals surface area contributed by atoms with Crippen LogP contribution in [0.5, 0.6) is 5.75 Å². The van der Waals surface area contributed by atoms with Crippen molar-refractivity contribution in [2.24, 2.45) is 0 Å². The van der Waals surface area contributed by atoms with Crippen LogP contribution in [-0.4, -0.2) is 24.5 Å². The van der Waals surface area contributed by atoms with E-state index in [4.69, 9.17) is 4.74 Å². The maximum absolute atomic E-state index is 13.1. The first-order valence-electron chi connectivity index (χ1n) is 8.29. The fraction of sp³-hybridized carbons (Fsp3) is 0.350. The summed E-state index contributed by atoms with van der Waals surface area (Å²) >= 11 is 3.51. The van der Waals surface area contributed by atoms with Gasteiger partial charge in [-0.15, -0.1) is 0 Å². The fourth-order valence-electron chi connectivity index (χ4n) is 3.16.